The Bertz CT molecular complexity index is 170. The molecule has 0 aromatic rings. The van der Waals surface area contributed by atoms with Crippen LogP contribution in [0.15, 0.2) is 11.6 Å². The van der Waals surface area contributed by atoms with Crippen LogP contribution in [0.5, 0.6) is 0 Å². The van der Waals surface area contributed by atoms with E-state index in [9.17, 15) is 4.79 Å². The minimum atomic E-state index is -0.963. The Hall–Kier alpha value is -0.830. The summed E-state index contributed by atoms with van der Waals surface area (Å²) in [5.41, 5.74) is 0.688. The average Bonchev–Trinajstić information content (AvgIpc) is 1.84. The molecular weight excluding hydrogens is 144 g/mol. The van der Waals surface area contributed by atoms with Crippen molar-refractivity contribution in [2.45, 2.75) is 26.9 Å². The van der Waals surface area contributed by atoms with Gasteiger partial charge in [0.1, 0.15) is 0 Å². The number of aliphatic hydroxyl groups excluding tert-OH is 1. The molecular formula is C8H14O3. The van der Waals surface area contributed by atoms with Crippen molar-refractivity contribution in [3.63, 3.8) is 0 Å². The summed E-state index contributed by atoms with van der Waals surface area (Å²) in [6.45, 7) is 5.13. The van der Waals surface area contributed by atoms with E-state index >= 15 is 0 Å². The molecule has 0 aliphatic carbocycles. The largest absolute Gasteiger partial charge is 0.478 e. The van der Waals surface area contributed by atoms with Gasteiger partial charge in [0, 0.05) is 12.0 Å². The standard InChI is InChI=1S/C8H14O3/c1-5(4-8(10)11)6(2)7(3)9/h4,6-7,9H,1-3H3,(H,10,11)/b5-4-. The first-order valence-corrected chi connectivity index (χ1v) is 3.54. The third-order valence-electron chi connectivity index (χ3n) is 1.79. The van der Waals surface area contributed by atoms with E-state index in [2.05, 4.69) is 0 Å². The molecule has 0 aliphatic rings. The van der Waals surface area contributed by atoms with Gasteiger partial charge in [-0.2, -0.15) is 0 Å². The van der Waals surface area contributed by atoms with Gasteiger partial charge in [-0.05, 0) is 13.8 Å². The lowest BCUT2D eigenvalue weighted by Gasteiger charge is -2.14. The predicted octanol–water partition coefficient (Wildman–Crippen LogP) is 1.03. The minimum absolute atomic E-state index is 0.0916. The second kappa shape index (κ2) is 4.13. The Balaban J connectivity index is 4.23. The number of aliphatic hydroxyl groups is 1. The highest BCUT2D eigenvalue weighted by molar-refractivity contribution is 5.80. The maximum absolute atomic E-state index is 10.2. The molecule has 0 radical (unpaired) electrons. The molecule has 3 heteroatoms. The maximum Gasteiger partial charge on any atom is 0.328 e. The molecule has 0 saturated carbocycles. The quantitative estimate of drug-likeness (QED) is 0.603. The van der Waals surface area contributed by atoms with Crippen LogP contribution >= 0.6 is 0 Å². The van der Waals surface area contributed by atoms with Gasteiger partial charge >= 0.3 is 5.97 Å². The van der Waals surface area contributed by atoms with Crippen molar-refractivity contribution in [3.05, 3.63) is 11.6 Å². The Morgan fingerprint density at radius 3 is 2.18 bits per heavy atom. The number of hydrogen-bond donors (Lipinski definition) is 2. The van der Waals surface area contributed by atoms with Gasteiger partial charge in [-0.15, -0.1) is 0 Å². The van der Waals surface area contributed by atoms with Gasteiger partial charge in [0.2, 0.25) is 0 Å². The molecule has 3 nitrogen and oxygen atoms in total. The molecule has 11 heavy (non-hydrogen) atoms. The highest BCUT2D eigenvalue weighted by Gasteiger charge is 2.10. The lowest BCUT2D eigenvalue weighted by Crippen LogP contribution is -2.14. The van der Waals surface area contributed by atoms with E-state index in [0.29, 0.717) is 5.57 Å². The van der Waals surface area contributed by atoms with E-state index in [1.807, 2.05) is 0 Å². The molecule has 0 bridgehead atoms. The second-order valence-corrected chi connectivity index (χ2v) is 2.76. The lowest BCUT2D eigenvalue weighted by molar-refractivity contribution is -0.131. The van der Waals surface area contributed by atoms with Crippen LogP contribution in [0.1, 0.15) is 20.8 Å². The normalized spacial score (nSPS) is 17.6. The number of carboxylic acids is 1. The van der Waals surface area contributed by atoms with Gasteiger partial charge < -0.3 is 10.2 Å². The smallest absolute Gasteiger partial charge is 0.328 e. The first-order valence-electron chi connectivity index (χ1n) is 3.54. The number of hydrogen-bond acceptors (Lipinski definition) is 2. The van der Waals surface area contributed by atoms with E-state index in [-0.39, 0.29) is 5.92 Å². The Morgan fingerprint density at radius 2 is 1.91 bits per heavy atom. The molecule has 2 atom stereocenters. The fourth-order valence-corrected chi connectivity index (χ4v) is 0.707. The molecule has 2 unspecified atom stereocenters. The number of carboxylic acid groups (broad SMARTS) is 1. The van der Waals surface area contributed by atoms with Gasteiger partial charge in [0.15, 0.2) is 0 Å². The van der Waals surface area contributed by atoms with Crippen LogP contribution in [0, 0.1) is 5.92 Å². The van der Waals surface area contributed by atoms with Crippen molar-refractivity contribution in [3.8, 4) is 0 Å². The molecule has 0 saturated heterocycles. The summed E-state index contributed by atoms with van der Waals surface area (Å²) < 4.78 is 0. The summed E-state index contributed by atoms with van der Waals surface area (Å²) in [7, 11) is 0. The molecule has 0 aliphatic heterocycles. The third-order valence-corrected chi connectivity index (χ3v) is 1.79. The number of rotatable bonds is 3. The topological polar surface area (TPSA) is 57.5 Å². The van der Waals surface area contributed by atoms with Crippen LogP contribution in [0.25, 0.3) is 0 Å². The summed E-state index contributed by atoms with van der Waals surface area (Å²) in [5, 5.41) is 17.4. The van der Waals surface area contributed by atoms with Crippen LogP contribution in [0.3, 0.4) is 0 Å². The lowest BCUT2D eigenvalue weighted by atomic mass is 9.97. The van der Waals surface area contributed by atoms with Crippen molar-refractivity contribution in [1.82, 2.24) is 0 Å². The van der Waals surface area contributed by atoms with Crippen LogP contribution in [-0.4, -0.2) is 22.3 Å². The number of aliphatic carboxylic acids is 1. The predicted molar refractivity (Wildman–Crippen MR) is 42.2 cm³/mol. The maximum atomic E-state index is 10.2. The van der Waals surface area contributed by atoms with E-state index < -0.39 is 12.1 Å². The van der Waals surface area contributed by atoms with E-state index in [1.165, 1.54) is 0 Å². The van der Waals surface area contributed by atoms with Crippen molar-refractivity contribution in [2.24, 2.45) is 5.92 Å². The van der Waals surface area contributed by atoms with Gasteiger partial charge in [0.25, 0.3) is 0 Å². The van der Waals surface area contributed by atoms with Crippen LogP contribution in [0.2, 0.25) is 0 Å². The summed E-state index contributed by atoms with van der Waals surface area (Å²) in [4.78, 5) is 10.2. The molecule has 0 heterocycles. The molecule has 2 N–H and O–H groups in total. The zero-order valence-corrected chi connectivity index (χ0v) is 7.03. The fraction of sp³-hybridized carbons (Fsp3) is 0.625. The van der Waals surface area contributed by atoms with Crippen LogP contribution in [-0.2, 0) is 4.79 Å². The summed E-state index contributed by atoms with van der Waals surface area (Å²) in [5.74, 6) is -1.05. The Labute approximate surface area is 66.4 Å². The molecule has 0 fully saturated rings. The van der Waals surface area contributed by atoms with Crippen molar-refractivity contribution >= 4 is 5.97 Å². The summed E-state index contributed by atoms with van der Waals surface area (Å²) in [6, 6.07) is 0. The highest BCUT2D eigenvalue weighted by atomic mass is 16.4. The van der Waals surface area contributed by atoms with Gasteiger partial charge in [-0.3, -0.25) is 0 Å². The SMILES string of the molecule is C/C(=C/C(=O)O)C(C)C(C)O. The first kappa shape index (κ1) is 10.2. The third kappa shape index (κ3) is 3.78. The van der Waals surface area contributed by atoms with Crippen molar-refractivity contribution in [1.29, 1.82) is 0 Å². The van der Waals surface area contributed by atoms with Crippen molar-refractivity contribution in [2.75, 3.05) is 0 Å². The number of carbonyl (C=O) groups is 1. The summed E-state index contributed by atoms with van der Waals surface area (Å²) in [6.07, 6.45) is 0.628. The molecule has 0 spiro atoms. The Kier molecular flexibility index (Phi) is 3.82. The molecule has 0 aromatic heterocycles. The van der Waals surface area contributed by atoms with Crippen molar-refractivity contribution < 1.29 is 15.0 Å². The highest BCUT2D eigenvalue weighted by Crippen LogP contribution is 2.13. The second-order valence-electron chi connectivity index (χ2n) is 2.76. The van der Waals surface area contributed by atoms with E-state index in [0.717, 1.165) is 6.08 Å². The summed E-state index contributed by atoms with van der Waals surface area (Å²) >= 11 is 0. The van der Waals surface area contributed by atoms with Gasteiger partial charge in [-0.25, -0.2) is 4.79 Å². The zero-order valence-electron chi connectivity index (χ0n) is 7.03. The van der Waals surface area contributed by atoms with Crippen LogP contribution < -0.4 is 0 Å². The Morgan fingerprint density at radius 1 is 1.45 bits per heavy atom. The minimum Gasteiger partial charge on any atom is -0.478 e. The van der Waals surface area contributed by atoms with E-state index in [4.69, 9.17) is 10.2 Å². The molecule has 0 rings (SSSR count). The monoisotopic (exact) mass is 158 g/mol. The van der Waals surface area contributed by atoms with Gasteiger partial charge in [0.05, 0.1) is 6.10 Å². The molecule has 64 valence electrons. The molecule has 0 aromatic carbocycles. The molecule has 0 amide bonds. The average molecular weight is 158 g/mol. The van der Waals surface area contributed by atoms with Gasteiger partial charge in [-0.1, -0.05) is 12.5 Å². The van der Waals surface area contributed by atoms with Crippen LogP contribution in [0.4, 0.5) is 0 Å². The first-order chi connectivity index (χ1) is 4.95. The fourth-order valence-electron chi connectivity index (χ4n) is 0.707. The zero-order chi connectivity index (χ0) is 9.02. The van der Waals surface area contributed by atoms with E-state index in [1.54, 1.807) is 20.8 Å².